The molecule has 0 radical (unpaired) electrons. The predicted molar refractivity (Wildman–Crippen MR) is 113 cm³/mol. The fraction of sp³-hybridized carbons (Fsp3) is 0.0909. The highest BCUT2D eigenvalue weighted by Crippen LogP contribution is 2.45. The van der Waals surface area contributed by atoms with Gasteiger partial charge in [-0.3, -0.25) is 9.36 Å². The summed E-state index contributed by atoms with van der Waals surface area (Å²) >= 11 is 1.27. The molecule has 0 aliphatic heterocycles. The first kappa shape index (κ1) is 19.0. The number of furan rings is 2. The molecule has 5 rings (SSSR count). The van der Waals surface area contributed by atoms with E-state index >= 15 is 0 Å². The number of aromatic hydroxyl groups is 2. The van der Waals surface area contributed by atoms with E-state index in [0.717, 1.165) is 4.70 Å². The molecule has 8 nitrogen and oxygen atoms in total. The Morgan fingerprint density at radius 2 is 2.03 bits per heavy atom. The van der Waals surface area contributed by atoms with E-state index in [-0.39, 0.29) is 17.0 Å². The minimum Gasteiger partial charge on any atom is -0.503 e. The van der Waals surface area contributed by atoms with E-state index in [1.807, 2.05) is 6.07 Å². The van der Waals surface area contributed by atoms with Gasteiger partial charge >= 0.3 is 0 Å². The van der Waals surface area contributed by atoms with Gasteiger partial charge in [0.25, 0.3) is 0 Å². The Hall–Kier alpha value is -3.98. The number of aryl methyl sites for hydroxylation is 1. The van der Waals surface area contributed by atoms with Crippen LogP contribution >= 0.6 is 11.3 Å². The van der Waals surface area contributed by atoms with Crippen LogP contribution in [0.4, 0.5) is 0 Å². The van der Waals surface area contributed by atoms with Crippen molar-refractivity contribution in [1.82, 2.24) is 9.55 Å². The number of nitrogens with zero attached hydrogens (tertiary/aromatic N) is 2. The van der Waals surface area contributed by atoms with Gasteiger partial charge in [0.15, 0.2) is 16.6 Å². The number of ketones is 1. The minimum absolute atomic E-state index is 0.0451. The van der Waals surface area contributed by atoms with Gasteiger partial charge in [-0.15, -0.1) is 0 Å². The first-order chi connectivity index (χ1) is 15.0. The van der Waals surface area contributed by atoms with Gasteiger partial charge in [-0.25, -0.2) is 4.98 Å². The molecule has 1 aromatic carbocycles. The Kier molecular flexibility index (Phi) is 4.33. The highest BCUT2D eigenvalue weighted by Gasteiger charge is 2.32. The number of hydrogen-bond acceptors (Lipinski definition) is 8. The highest BCUT2D eigenvalue weighted by atomic mass is 32.1. The molecule has 0 saturated heterocycles. The molecule has 0 fully saturated rings. The summed E-state index contributed by atoms with van der Waals surface area (Å²) < 4.78 is 18.1. The maximum Gasteiger partial charge on any atom is 0.242 e. The first-order valence-corrected chi connectivity index (χ1v) is 10.0. The molecule has 31 heavy (non-hydrogen) atoms. The van der Waals surface area contributed by atoms with Crippen molar-refractivity contribution in [2.75, 3.05) is 7.11 Å². The minimum atomic E-state index is -0.571. The quantitative estimate of drug-likeness (QED) is 0.377. The Bertz CT molecular complexity index is 1420. The van der Waals surface area contributed by atoms with E-state index in [9.17, 15) is 15.0 Å². The predicted octanol–water partition coefficient (Wildman–Crippen LogP) is 4.90. The summed E-state index contributed by atoms with van der Waals surface area (Å²) in [6.45, 7) is 1.71. The van der Waals surface area contributed by atoms with Crippen molar-refractivity contribution in [1.29, 1.82) is 0 Å². The fourth-order valence-electron chi connectivity index (χ4n) is 3.42. The van der Waals surface area contributed by atoms with Crippen molar-refractivity contribution in [2.45, 2.75) is 6.92 Å². The van der Waals surface area contributed by atoms with Crippen LogP contribution in [0.2, 0.25) is 0 Å². The summed E-state index contributed by atoms with van der Waals surface area (Å²) in [5.74, 6) is -0.374. The summed E-state index contributed by atoms with van der Waals surface area (Å²) in [7, 11) is 1.57. The molecule has 0 aliphatic carbocycles. The third-order valence-electron chi connectivity index (χ3n) is 4.88. The van der Waals surface area contributed by atoms with E-state index in [4.69, 9.17) is 13.6 Å². The van der Waals surface area contributed by atoms with Gasteiger partial charge < -0.3 is 23.8 Å². The number of ether oxygens (including phenoxy) is 1. The van der Waals surface area contributed by atoms with E-state index in [2.05, 4.69) is 4.98 Å². The second-order valence-corrected chi connectivity index (χ2v) is 7.82. The maximum atomic E-state index is 13.2. The SMILES string of the molecule is COc1ccc2nc(-n3c(O)c(O)c(C(=O)c4ccc(C)o4)c3-c3ccoc3)sc2c1. The standard InChI is InChI=1S/C22H16N2O6S/c1-11-3-6-15(30-11)19(25)17-18(12-7-8-29-10-12)24(21(27)20(17)26)22-23-14-5-4-13(28-2)9-16(14)31-22/h3-10,26-27H,1-2H3. The second-order valence-electron chi connectivity index (χ2n) is 6.81. The number of fused-ring (bicyclic) bond motifs is 1. The molecule has 0 bridgehead atoms. The van der Waals surface area contributed by atoms with Gasteiger partial charge in [0.05, 0.1) is 41.1 Å². The molecule has 4 heterocycles. The Labute approximate surface area is 179 Å². The largest absolute Gasteiger partial charge is 0.503 e. The average Bonchev–Trinajstić information content (AvgIpc) is 3.54. The smallest absolute Gasteiger partial charge is 0.242 e. The number of thiazole rings is 1. The Balaban J connectivity index is 1.77. The van der Waals surface area contributed by atoms with Crippen molar-refractivity contribution >= 4 is 27.3 Å². The summed E-state index contributed by atoms with van der Waals surface area (Å²) in [6, 6.07) is 10.2. The molecule has 0 atom stereocenters. The third kappa shape index (κ3) is 2.98. The van der Waals surface area contributed by atoms with E-state index in [0.29, 0.717) is 27.7 Å². The molecular formula is C22H16N2O6S. The van der Waals surface area contributed by atoms with E-state index in [1.54, 1.807) is 38.3 Å². The van der Waals surface area contributed by atoms with Crippen molar-refractivity contribution in [2.24, 2.45) is 0 Å². The lowest BCUT2D eigenvalue weighted by atomic mass is 10.0. The molecule has 4 aromatic heterocycles. The number of methoxy groups -OCH3 is 1. The van der Waals surface area contributed by atoms with Gasteiger partial charge in [0.1, 0.15) is 11.5 Å². The molecule has 9 heteroatoms. The summed E-state index contributed by atoms with van der Waals surface area (Å²) in [4.78, 5) is 17.8. The second kappa shape index (κ2) is 7.06. The van der Waals surface area contributed by atoms with Crippen LogP contribution in [0.3, 0.4) is 0 Å². The van der Waals surface area contributed by atoms with Crippen LogP contribution in [0.15, 0.2) is 57.8 Å². The zero-order chi connectivity index (χ0) is 21.7. The van der Waals surface area contributed by atoms with Crippen LogP contribution in [0.5, 0.6) is 17.4 Å². The Morgan fingerprint density at radius 3 is 2.71 bits per heavy atom. The lowest BCUT2D eigenvalue weighted by molar-refractivity contribution is 0.101. The number of carbonyl (C=O) groups is 1. The van der Waals surface area contributed by atoms with E-state index < -0.39 is 17.4 Å². The number of hydrogen-bond donors (Lipinski definition) is 2. The molecule has 2 N–H and O–H groups in total. The molecule has 5 aromatic rings. The number of aromatic nitrogens is 2. The molecule has 0 saturated carbocycles. The molecule has 0 aliphatic rings. The molecule has 0 amide bonds. The molecular weight excluding hydrogens is 420 g/mol. The van der Waals surface area contributed by atoms with Crippen LogP contribution in [0.1, 0.15) is 21.9 Å². The van der Waals surface area contributed by atoms with Crippen LogP contribution in [-0.4, -0.2) is 32.7 Å². The van der Waals surface area contributed by atoms with E-state index in [1.165, 1.54) is 34.5 Å². The number of rotatable bonds is 5. The lowest BCUT2D eigenvalue weighted by Gasteiger charge is -2.06. The third-order valence-corrected chi connectivity index (χ3v) is 5.89. The maximum absolute atomic E-state index is 13.2. The first-order valence-electron chi connectivity index (χ1n) is 9.23. The zero-order valence-electron chi connectivity index (χ0n) is 16.4. The van der Waals surface area contributed by atoms with Crippen LogP contribution in [0.25, 0.3) is 26.6 Å². The molecule has 0 unspecified atom stereocenters. The Morgan fingerprint density at radius 1 is 1.19 bits per heavy atom. The summed E-state index contributed by atoms with van der Waals surface area (Å²) in [5, 5.41) is 21.9. The topological polar surface area (TPSA) is 111 Å². The molecule has 0 spiro atoms. The van der Waals surface area contributed by atoms with Crippen molar-refractivity contribution < 1.29 is 28.6 Å². The number of benzene rings is 1. The van der Waals surface area contributed by atoms with Gasteiger partial charge in [0.2, 0.25) is 11.7 Å². The van der Waals surface area contributed by atoms with Crippen LogP contribution in [0, 0.1) is 6.92 Å². The van der Waals surface area contributed by atoms with Gasteiger partial charge in [-0.05, 0) is 43.3 Å². The highest BCUT2D eigenvalue weighted by molar-refractivity contribution is 7.20. The summed E-state index contributed by atoms with van der Waals surface area (Å²) in [6.07, 6.45) is 2.86. The lowest BCUT2D eigenvalue weighted by Crippen LogP contribution is -2.03. The number of carbonyl (C=O) groups excluding carboxylic acids is 1. The van der Waals surface area contributed by atoms with Crippen molar-refractivity contribution in [3.8, 4) is 33.8 Å². The summed E-state index contributed by atoms with van der Waals surface area (Å²) in [5.41, 5.74) is 1.30. The van der Waals surface area contributed by atoms with Gasteiger partial charge in [-0.2, -0.15) is 0 Å². The normalized spacial score (nSPS) is 11.3. The van der Waals surface area contributed by atoms with Crippen molar-refractivity contribution in [3.63, 3.8) is 0 Å². The fourth-order valence-corrected chi connectivity index (χ4v) is 4.42. The van der Waals surface area contributed by atoms with Crippen LogP contribution < -0.4 is 4.74 Å². The van der Waals surface area contributed by atoms with Crippen molar-refractivity contribution in [3.05, 3.63) is 66.0 Å². The van der Waals surface area contributed by atoms with Gasteiger partial charge in [0, 0.05) is 5.56 Å². The van der Waals surface area contributed by atoms with Gasteiger partial charge in [-0.1, -0.05) is 11.3 Å². The monoisotopic (exact) mass is 436 g/mol. The molecule has 156 valence electrons. The zero-order valence-corrected chi connectivity index (χ0v) is 17.3. The average molecular weight is 436 g/mol. The van der Waals surface area contributed by atoms with Crippen LogP contribution in [-0.2, 0) is 0 Å².